The van der Waals surface area contributed by atoms with Crippen molar-refractivity contribution in [3.63, 3.8) is 0 Å². The van der Waals surface area contributed by atoms with Crippen molar-refractivity contribution in [2.45, 2.75) is 33.2 Å². The van der Waals surface area contributed by atoms with Crippen molar-refractivity contribution in [3.05, 3.63) is 35.5 Å². The van der Waals surface area contributed by atoms with Gasteiger partial charge >= 0.3 is 0 Å². The Kier molecular flexibility index (Phi) is 5.27. The highest BCUT2D eigenvalue weighted by Crippen LogP contribution is 2.24. The molecule has 132 valence electrons. The van der Waals surface area contributed by atoms with Gasteiger partial charge in [0.1, 0.15) is 0 Å². The summed E-state index contributed by atoms with van der Waals surface area (Å²) in [6.45, 7) is 7.81. The molecular weight excluding hydrogens is 322 g/mol. The molecule has 3 rings (SSSR count). The second-order valence-electron chi connectivity index (χ2n) is 6.62. The van der Waals surface area contributed by atoms with Crippen LogP contribution in [-0.2, 0) is 16.6 Å². The average molecular weight is 350 g/mol. The van der Waals surface area contributed by atoms with E-state index in [1.165, 1.54) is 22.2 Å². The molecule has 0 saturated carbocycles. The molecule has 24 heavy (non-hydrogen) atoms. The van der Waals surface area contributed by atoms with Gasteiger partial charge in [-0.1, -0.05) is 31.5 Å². The van der Waals surface area contributed by atoms with E-state index in [-0.39, 0.29) is 5.75 Å². The third-order valence-corrected chi connectivity index (χ3v) is 6.85. The Hall–Kier alpha value is -1.37. The van der Waals surface area contributed by atoms with Crippen LogP contribution >= 0.6 is 0 Å². The lowest BCUT2D eigenvalue weighted by Crippen LogP contribution is -2.48. The standard InChI is InChI=1S/C18H27N3O2S/c1-3-4-13-24(22,23)21-11-9-20(10-12-21)14-17-15(2)19-18-8-6-5-7-16(17)18/h5-8,19H,3-4,9-14H2,1-2H3. The summed E-state index contributed by atoms with van der Waals surface area (Å²) in [7, 11) is -3.07. The smallest absolute Gasteiger partial charge is 0.214 e. The third kappa shape index (κ3) is 3.66. The first-order chi connectivity index (χ1) is 11.5. The number of aryl methyl sites for hydroxylation is 1. The maximum Gasteiger partial charge on any atom is 0.214 e. The van der Waals surface area contributed by atoms with E-state index in [2.05, 4.69) is 35.0 Å². The van der Waals surface area contributed by atoms with E-state index in [1.54, 1.807) is 4.31 Å². The monoisotopic (exact) mass is 349 g/mol. The minimum absolute atomic E-state index is 0.283. The molecule has 1 aromatic heterocycles. The first-order valence-electron chi connectivity index (χ1n) is 8.77. The Morgan fingerprint density at radius 2 is 1.83 bits per heavy atom. The number of nitrogens with zero attached hydrogens (tertiary/aromatic N) is 2. The van der Waals surface area contributed by atoms with Crippen molar-refractivity contribution >= 4 is 20.9 Å². The summed E-state index contributed by atoms with van der Waals surface area (Å²) in [4.78, 5) is 5.80. The zero-order chi connectivity index (χ0) is 17.2. The molecule has 2 aromatic rings. The highest BCUT2D eigenvalue weighted by molar-refractivity contribution is 7.89. The molecule has 0 unspecified atom stereocenters. The zero-order valence-corrected chi connectivity index (χ0v) is 15.4. The lowest BCUT2D eigenvalue weighted by atomic mass is 10.1. The largest absolute Gasteiger partial charge is 0.358 e. The van der Waals surface area contributed by atoms with Gasteiger partial charge in [0, 0.05) is 49.3 Å². The highest BCUT2D eigenvalue weighted by Gasteiger charge is 2.26. The summed E-state index contributed by atoms with van der Waals surface area (Å²) in [6, 6.07) is 8.36. The van der Waals surface area contributed by atoms with Gasteiger partial charge in [0.25, 0.3) is 0 Å². The van der Waals surface area contributed by atoms with Crippen molar-refractivity contribution in [1.82, 2.24) is 14.2 Å². The van der Waals surface area contributed by atoms with E-state index in [1.807, 2.05) is 13.0 Å². The molecular formula is C18H27N3O2S. The molecule has 5 nitrogen and oxygen atoms in total. The number of H-pyrrole nitrogens is 1. The Bertz CT molecular complexity index is 790. The number of piperazine rings is 1. The molecule has 0 radical (unpaired) electrons. The first kappa shape index (κ1) is 17.5. The highest BCUT2D eigenvalue weighted by atomic mass is 32.2. The van der Waals surface area contributed by atoms with Crippen LogP contribution in [0.3, 0.4) is 0 Å². The van der Waals surface area contributed by atoms with E-state index in [4.69, 9.17) is 0 Å². The molecule has 1 aliphatic heterocycles. The summed E-state index contributed by atoms with van der Waals surface area (Å²) in [5, 5.41) is 1.27. The molecule has 2 heterocycles. The van der Waals surface area contributed by atoms with Crippen molar-refractivity contribution < 1.29 is 8.42 Å². The molecule has 0 aliphatic carbocycles. The maximum absolute atomic E-state index is 12.3. The van der Waals surface area contributed by atoms with Gasteiger partial charge < -0.3 is 4.98 Å². The summed E-state index contributed by atoms with van der Waals surface area (Å²) in [5.41, 5.74) is 3.70. The average Bonchev–Trinajstić information content (AvgIpc) is 2.89. The van der Waals surface area contributed by atoms with Gasteiger partial charge in [-0.05, 0) is 25.0 Å². The SMILES string of the molecule is CCCCS(=O)(=O)N1CCN(Cc2c(C)[nH]c3ccccc23)CC1. The molecule has 0 amide bonds. The normalized spacial score (nSPS) is 17.6. The molecule has 6 heteroatoms. The van der Waals surface area contributed by atoms with E-state index < -0.39 is 10.0 Å². The number of aromatic amines is 1. The van der Waals surface area contributed by atoms with Gasteiger partial charge in [-0.3, -0.25) is 4.90 Å². The number of para-hydroxylation sites is 1. The number of sulfonamides is 1. The minimum Gasteiger partial charge on any atom is -0.358 e. The van der Waals surface area contributed by atoms with Crippen LogP contribution in [0.1, 0.15) is 31.0 Å². The van der Waals surface area contributed by atoms with E-state index in [0.29, 0.717) is 13.1 Å². The summed E-state index contributed by atoms with van der Waals surface area (Å²) in [5.74, 6) is 0.283. The fourth-order valence-electron chi connectivity index (χ4n) is 3.38. The third-order valence-electron chi connectivity index (χ3n) is 4.89. The van der Waals surface area contributed by atoms with Crippen molar-refractivity contribution in [3.8, 4) is 0 Å². The van der Waals surface area contributed by atoms with Crippen LogP contribution in [0, 0.1) is 6.92 Å². The molecule has 0 spiro atoms. The predicted molar refractivity (Wildman–Crippen MR) is 98.6 cm³/mol. The molecule has 0 atom stereocenters. The number of aromatic nitrogens is 1. The van der Waals surface area contributed by atoms with Crippen LogP contribution in [0.25, 0.3) is 10.9 Å². The van der Waals surface area contributed by atoms with Crippen LogP contribution in [0.15, 0.2) is 24.3 Å². The number of hydrogen-bond acceptors (Lipinski definition) is 3. The number of fused-ring (bicyclic) bond motifs is 1. The Morgan fingerprint density at radius 3 is 2.54 bits per heavy atom. The van der Waals surface area contributed by atoms with Crippen LogP contribution < -0.4 is 0 Å². The van der Waals surface area contributed by atoms with E-state index in [0.717, 1.165) is 32.5 Å². The number of rotatable bonds is 6. The summed E-state index contributed by atoms with van der Waals surface area (Å²) in [6.07, 6.45) is 1.66. The van der Waals surface area contributed by atoms with E-state index in [9.17, 15) is 8.42 Å². The topological polar surface area (TPSA) is 56.4 Å². The fourth-order valence-corrected chi connectivity index (χ4v) is 5.02. The van der Waals surface area contributed by atoms with Crippen molar-refractivity contribution in [2.24, 2.45) is 0 Å². The molecule has 1 aromatic carbocycles. The maximum atomic E-state index is 12.3. The lowest BCUT2D eigenvalue weighted by molar-refractivity contribution is 0.182. The number of hydrogen-bond donors (Lipinski definition) is 1. The zero-order valence-electron chi connectivity index (χ0n) is 14.6. The van der Waals surface area contributed by atoms with Gasteiger partial charge in [0.15, 0.2) is 0 Å². The van der Waals surface area contributed by atoms with Crippen LogP contribution in [0.4, 0.5) is 0 Å². The number of nitrogens with one attached hydrogen (secondary N) is 1. The summed E-state index contributed by atoms with van der Waals surface area (Å²) < 4.78 is 26.3. The van der Waals surface area contributed by atoms with Gasteiger partial charge in [0.05, 0.1) is 5.75 Å². The van der Waals surface area contributed by atoms with Gasteiger partial charge in [-0.25, -0.2) is 8.42 Å². The van der Waals surface area contributed by atoms with Crippen LogP contribution in [0.2, 0.25) is 0 Å². The quantitative estimate of drug-likeness (QED) is 0.872. The predicted octanol–water partition coefficient (Wildman–Crippen LogP) is 2.72. The molecule has 1 saturated heterocycles. The molecule has 1 N–H and O–H groups in total. The Balaban J connectivity index is 1.64. The van der Waals surface area contributed by atoms with Crippen LogP contribution in [0.5, 0.6) is 0 Å². The second-order valence-corrected chi connectivity index (χ2v) is 8.71. The van der Waals surface area contributed by atoms with Gasteiger partial charge in [-0.2, -0.15) is 4.31 Å². The van der Waals surface area contributed by atoms with E-state index >= 15 is 0 Å². The minimum atomic E-state index is -3.07. The number of benzene rings is 1. The lowest BCUT2D eigenvalue weighted by Gasteiger charge is -2.34. The number of unbranched alkanes of at least 4 members (excludes halogenated alkanes) is 1. The van der Waals surface area contributed by atoms with Crippen molar-refractivity contribution in [1.29, 1.82) is 0 Å². The summed E-state index contributed by atoms with van der Waals surface area (Å²) >= 11 is 0. The molecule has 1 fully saturated rings. The molecule has 1 aliphatic rings. The van der Waals surface area contributed by atoms with Gasteiger partial charge in [-0.15, -0.1) is 0 Å². The van der Waals surface area contributed by atoms with Crippen LogP contribution in [-0.4, -0.2) is 54.5 Å². The van der Waals surface area contributed by atoms with Gasteiger partial charge in [0.2, 0.25) is 10.0 Å². The first-order valence-corrected chi connectivity index (χ1v) is 10.4. The Labute approximate surface area is 144 Å². The fraction of sp³-hybridized carbons (Fsp3) is 0.556. The Morgan fingerprint density at radius 1 is 1.12 bits per heavy atom. The van der Waals surface area contributed by atoms with Crippen molar-refractivity contribution in [2.75, 3.05) is 31.9 Å². The molecule has 0 bridgehead atoms. The second kappa shape index (κ2) is 7.25.